The summed E-state index contributed by atoms with van der Waals surface area (Å²) in [7, 11) is 0. The molecule has 0 bridgehead atoms. The molecule has 0 heterocycles. The smallest absolute Gasteiger partial charge is 0.319 e. The van der Waals surface area contributed by atoms with Crippen molar-refractivity contribution in [1.29, 1.82) is 0 Å². The van der Waals surface area contributed by atoms with Crippen molar-refractivity contribution in [3.05, 3.63) is 26.7 Å². The van der Waals surface area contributed by atoms with E-state index in [-0.39, 0.29) is 18.0 Å². The molecule has 0 radical (unpaired) electrons. The largest absolute Gasteiger partial charge is 0.481 e. The number of rotatable bonds is 4. The Morgan fingerprint density at radius 1 is 1.28 bits per heavy atom. The predicted octanol–water partition coefficient (Wildman–Crippen LogP) is 3.35. The summed E-state index contributed by atoms with van der Waals surface area (Å²) in [5.41, 5.74) is 0.345. The Balaban J connectivity index is 2.60. The van der Waals surface area contributed by atoms with Gasteiger partial charge >= 0.3 is 12.0 Å². The van der Waals surface area contributed by atoms with E-state index >= 15 is 0 Å². The number of halogens is 3. The highest BCUT2D eigenvalue weighted by molar-refractivity contribution is 9.10. The van der Waals surface area contributed by atoms with Crippen LogP contribution in [0.15, 0.2) is 16.6 Å². The van der Waals surface area contributed by atoms with Crippen molar-refractivity contribution in [3.63, 3.8) is 0 Å². The number of benzene rings is 1. The van der Waals surface area contributed by atoms with Crippen molar-refractivity contribution < 1.29 is 14.7 Å². The number of amides is 2. The van der Waals surface area contributed by atoms with Crippen LogP contribution in [0, 0.1) is 0 Å². The van der Waals surface area contributed by atoms with Gasteiger partial charge in [0.1, 0.15) is 0 Å². The maximum absolute atomic E-state index is 11.4. The summed E-state index contributed by atoms with van der Waals surface area (Å²) >= 11 is 15.0. The van der Waals surface area contributed by atoms with Crippen LogP contribution in [0.2, 0.25) is 10.0 Å². The van der Waals surface area contributed by atoms with Crippen LogP contribution in [-0.4, -0.2) is 23.7 Å². The third-order valence-electron chi connectivity index (χ3n) is 1.91. The van der Waals surface area contributed by atoms with E-state index in [1.807, 2.05) is 0 Å². The molecule has 0 spiro atoms. The first-order chi connectivity index (χ1) is 8.41. The molecule has 8 heteroatoms. The Hall–Kier alpha value is -0.980. The number of carboxylic acids is 1. The van der Waals surface area contributed by atoms with Gasteiger partial charge in [0, 0.05) is 11.0 Å². The highest BCUT2D eigenvalue weighted by Gasteiger charge is 2.10. The van der Waals surface area contributed by atoms with Crippen LogP contribution in [-0.2, 0) is 4.79 Å². The molecule has 1 aromatic carbocycles. The van der Waals surface area contributed by atoms with Crippen LogP contribution < -0.4 is 10.6 Å². The molecule has 18 heavy (non-hydrogen) atoms. The molecule has 0 unspecified atom stereocenters. The van der Waals surface area contributed by atoms with Gasteiger partial charge in [0.2, 0.25) is 0 Å². The van der Waals surface area contributed by atoms with E-state index in [1.54, 1.807) is 12.1 Å². The second-order valence-electron chi connectivity index (χ2n) is 3.25. The SMILES string of the molecule is O=C(O)CCNC(=O)Nc1ccc(Br)c(Cl)c1Cl. The molecular weight excluding hydrogens is 347 g/mol. The number of aliphatic carboxylic acids is 1. The Bertz CT molecular complexity index is 482. The zero-order chi connectivity index (χ0) is 13.7. The lowest BCUT2D eigenvalue weighted by Crippen LogP contribution is -2.30. The number of carbonyl (C=O) groups excluding carboxylic acids is 1. The van der Waals surface area contributed by atoms with Crippen molar-refractivity contribution in [2.75, 3.05) is 11.9 Å². The van der Waals surface area contributed by atoms with Crippen LogP contribution in [0.25, 0.3) is 0 Å². The molecule has 1 rings (SSSR count). The van der Waals surface area contributed by atoms with Gasteiger partial charge in [0.15, 0.2) is 0 Å². The van der Waals surface area contributed by atoms with Gasteiger partial charge in [-0.25, -0.2) is 4.79 Å². The van der Waals surface area contributed by atoms with Crippen LogP contribution >= 0.6 is 39.1 Å². The van der Waals surface area contributed by atoms with Crippen molar-refractivity contribution in [1.82, 2.24) is 5.32 Å². The van der Waals surface area contributed by atoms with Crippen molar-refractivity contribution in [2.45, 2.75) is 6.42 Å². The van der Waals surface area contributed by atoms with Crippen LogP contribution in [0.4, 0.5) is 10.5 Å². The highest BCUT2D eigenvalue weighted by atomic mass is 79.9. The van der Waals surface area contributed by atoms with Crippen LogP contribution in [0.5, 0.6) is 0 Å². The number of carboxylic acid groups (broad SMARTS) is 1. The third-order valence-corrected chi connectivity index (χ3v) is 3.68. The van der Waals surface area contributed by atoms with Gasteiger partial charge in [0.25, 0.3) is 0 Å². The number of hydrogen-bond donors (Lipinski definition) is 3. The molecule has 0 fully saturated rings. The fraction of sp³-hybridized carbons (Fsp3) is 0.200. The lowest BCUT2D eigenvalue weighted by atomic mass is 10.3. The minimum Gasteiger partial charge on any atom is -0.481 e. The van der Waals surface area contributed by atoms with E-state index in [0.717, 1.165) is 0 Å². The Labute approximate surface area is 122 Å². The second kappa shape index (κ2) is 6.82. The number of urea groups is 1. The van der Waals surface area contributed by atoms with E-state index in [1.165, 1.54) is 0 Å². The van der Waals surface area contributed by atoms with Gasteiger partial charge in [-0.1, -0.05) is 23.2 Å². The molecule has 0 atom stereocenters. The summed E-state index contributed by atoms with van der Waals surface area (Å²) < 4.78 is 0.617. The molecule has 0 aliphatic rings. The zero-order valence-corrected chi connectivity index (χ0v) is 12.1. The fourth-order valence-electron chi connectivity index (χ4n) is 1.07. The van der Waals surface area contributed by atoms with Gasteiger partial charge in [-0.05, 0) is 28.1 Å². The van der Waals surface area contributed by atoms with Crippen molar-refractivity contribution >= 4 is 56.8 Å². The number of carbonyl (C=O) groups is 2. The molecule has 98 valence electrons. The highest BCUT2D eigenvalue weighted by Crippen LogP contribution is 2.35. The Kier molecular flexibility index (Phi) is 5.71. The third kappa shape index (κ3) is 4.36. The summed E-state index contributed by atoms with van der Waals surface area (Å²) in [6.07, 6.45) is -0.151. The summed E-state index contributed by atoms with van der Waals surface area (Å²) in [5, 5.41) is 13.8. The summed E-state index contributed by atoms with van der Waals surface area (Å²) in [4.78, 5) is 21.7. The molecule has 1 aromatic rings. The quantitative estimate of drug-likeness (QED) is 0.724. The average molecular weight is 356 g/mol. The predicted molar refractivity (Wildman–Crippen MR) is 73.4 cm³/mol. The van der Waals surface area contributed by atoms with Crippen LogP contribution in [0.3, 0.4) is 0 Å². The molecule has 5 nitrogen and oxygen atoms in total. The summed E-state index contributed by atoms with van der Waals surface area (Å²) in [6.45, 7) is 0.0308. The lowest BCUT2D eigenvalue weighted by molar-refractivity contribution is -0.136. The fourth-order valence-corrected chi connectivity index (χ4v) is 1.89. The summed E-state index contributed by atoms with van der Waals surface area (Å²) in [5.74, 6) is -0.986. The maximum atomic E-state index is 11.4. The van der Waals surface area contributed by atoms with Gasteiger partial charge in [-0.2, -0.15) is 0 Å². The van der Waals surface area contributed by atoms with Gasteiger partial charge in [-0.15, -0.1) is 0 Å². The van der Waals surface area contributed by atoms with Crippen molar-refractivity contribution in [2.24, 2.45) is 0 Å². The molecule has 0 saturated heterocycles. The molecule has 0 aromatic heterocycles. The lowest BCUT2D eigenvalue weighted by Gasteiger charge is -2.10. The van der Waals surface area contributed by atoms with Crippen LogP contribution in [0.1, 0.15) is 6.42 Å². The number of anilines is 1. The molecular formula is C10H9BrCl2N2O3. The number of hydrogen-bond acceptors (Lipinski definition) is 2. The molecule has 3 N–H and O–H groups in total. The maximum Gasteiger partial charge on any atom is 0.319 e. The van der Waals surface area contributed by atoms with Gasteiger partial charge < -0.3 is 15.7 Å². The standard InChI is InChI=1S/C10H9BrCl2N2O3/c11-5-1-2-6(9(13)8(5)12)15-10(18)14-4-3-7(16)17/h1-2H,3-4H2,(H,16,17)(H2,14,15,18). The molecule has 0 aliphatic heterocycles. The molecule has 0 aliphatic carbocycles. The first kappa shape index (κ1) is 15.1. The normalized spacial score (nSPS) is 9.94. The minimum absolute atomic E-state index is 0.0308. The van der Waals surface area contributed by atoms with Gasteiger partial charge in [-0.3, -0.25) is 4.79 Å². The van der Waals surface area contributed by atoms with E-state index in [4.69, 9.17) is 28.3 Å². The topological polar surface area (TPSA) is 78.4 Å². The van der Waals surface area contributed by atoms with Crippen molar-refractivity contribution in [3.8, 4) is 0 Å². The Morgan fingerprint density at radius 3 is 2.56 bits per heavy atom. The molecule has 0 saturated carbocycles. The van der Waals surface area contributed by atoms with E-state index in [0.29, 0.717) is 15.2 Å². The monoisotopic (exact) mass is 354 g/mol. The minimum atomic E-state index is -0.986. The second-order valence-corrected chi connectivity index (χ2v) is 4.86. The summed E-state index contributed by atoms with van der Waals surface area (Å²) in [6, 6.07) is 2.67. The zero-order valence-electron chi connectivity index (χ0n) is 8.97. The Morgan fingerprint density at radius 2 is 1.94 bits per heavy atom. The van der Waals surface area contributed by atoms with Gasteiger partial charge in [0.05, 0.1) is 22.2 Å². The van der Waals surface area contributed by atoms with E-state index in [2.05, 4.69) is 26.6 Å². The number of nitrogens with one attached hydrogen (secondary N) is 2. The first-order valence-electron chi connectivity index (χ1n) is 4.82. The van der Waals surface area contributed by atoms with E-state index < -0.39 is 12.0 Å². The first-order valence-corrected chi connectivity index (χ1v) is 6.37. The van der Waals surface area contributed by atoms with E-state index in [9.17, 15) is 9.59 Å². The molecule has 2 amide bonds. The average Bonchev–Trinajstić information content (AvgIpc) is 2.29.